The summed E-state index contributed by atoms with van der Waals surface area (Å²) in [4.78, 5) is 17.2. The largest absolute Gasteiger partial charge is 0.497 e. The lowest BCUT2D eigenvalue weighted by molar-refractivity contribution is 0.102. The number of carbonyl (C=O) groups excluding carboxylic acids is 1. The van der Waals surface area contributed by atoms with Crippen molar-refractivity contribution in [3.63, 3.8) is 0 Å². The van der Waals surface area contributed by atoms with E-state index in [1.807, 2.05) is 56.3 Å². The maximum atomic E-state index is 12.8. The van der Waals surface area contributed by atoms with Crippen LogP contribution in [0, 0.1) is 13.8 Å². The molecule has 0 spiro atoms. The van der Waals surface area contributed by atoms with Crippen molar-refractivity contribution in [1.29, 1.82) is 0 Å². The summed E-state index contributed by atoms with van der Waals surface area (Å²) in [6.07, 6.45) is 1.65. The Morgan fingerprint density at radius 3 is 2.46 bits per heavy atom. The smallest absolute Gasteiger partial charge is 0.259 e. The summed E-state index contributed by atoms with van der Waals surface area (Å²) < 4.78 is 5.24. The fourth-order valence-corrected chi connectivity index (χ4v) is 2.72. The Bertz CT molecular complexity index is 918. The molecule has 0 saturated carbocycles. The van der Waals surface area contributed by atoms with Crippen molar-refractivity contribution in [1.82, 2.24) is 4.98 Å². The predicted molar refractivity (Wildman–Crippen MR) is 104 cm³/mol. The number of para-hydroxylation sites is 1. The Kier molecular flexibility index (Phi) is 5.17. The molecular formula is C21H21N3O2. The van der Waals surface area contributed by atoms with Crippen LogP contribution in [0.3, 0.4) is 0 Å². The molecule has 0 atom stereocenters. The fourth-order valence-electron chi connectivity index (χ4n) is 2.72. The Hall–Kier alpha value is -3.34. The minimum Gasteiger partial charge on any atom is -0.497 e. The quantitative estimate of drug-likeness (QED) is 0.702. The molecule has 26 heavy (non-hydrogen) atoms. The Morgan fingerprint density at radius 2 is 1.73 bits per heavy atom. The van der Waals surface area contributed by atoms with Gasteiger partial charge in [-0.1, -0.05) is 24.3 Å². The Morgan fingerprint density at radius 1 is 1.00 bits per heavy atom. The number of anilines is 3. The zero-order chi connectivity index (χ0) is 18.5. The van der Waals surface area contributed by atoms with Crippen LogP contribution in [-0.2, 0) is 0 Å². The molecule has 0 bridgehead atoms. The normalized spacial score (nSPS) is 10.3. The van der Waals surface area contributed by atoms with E-state index in [9.17, 15) is 4.79 Å². The Labute approximate surface area is 153 Å². The molecule has 2 N–H and O–H groups in total. The van der Waals surface area contributed by atoms with Crippen LogP contribution in [0.25, 0.3) is 0 Å². The van der Waals surface area contributed by atoms with E-state index in [2.05, 4.69) is 15.6 Å². The van der Waals surface area contributed by atoms with Crippen LogP contribution in [0.1, 0.15) is 21.5 Å². The summed E-state index contributed by atoms with van der Waals surface area (Å²) in [5.41, 5.74) is 4.13. The molecule has 3 rings (SSSR count). The number of hydrogen-bond acceptors (Lipinski definition) is 4. The fraction of sp³-hybridized carbons (Fsp3) is 0.143. The van der Waals surface area contributed by atoms with Crippen molar-refractivity contribution < 1.29 is 9.53 Å². The van der Waals surface area contributed by atoms with E-state index in [0.29, 0.717) is 11.4 Å². The van der Waals surface area contributed by atoms with Gasteiger partial charge in [0.1, 0.15) is 11.6 Å². The number of rotatable bonds is 5. The SMILES string of the molecule is COc1cccc(Nc2ncccc2C(=O)Nc2c(C)cccc2C)c1. The number of nitrogens with one attached hydrogen (secondary N) is 2. The molecular weight excluding hydrogens is 326 g/mol. The minimum atomic E-state index is -0.208. The molecule has 5 nitrogen and oxygen atoms in total. The van der Waals surface area contributed by atoms with Gasteiger partial charge in [-0.25, -0.2) is 4.98 Å². The van der Waals surface area contributed by atoms with Gasteiger partial charge in [-0.15, -0.1) is 0 Å². The second-order valence-electron chi connectivity index (χ2n) is 5.98. The lowest BCUT2D eigenvalue weighted by Crippen LogP contribution is -2.16. The van der Waals surface area contributed by atoms with Crippen molar-refractivity contribution in [2.24, 2.45) is 0 Å². The lowest BCUT2D eigenvalue weighted by Gasteiger charge is -2.14. The first kappa shape index (κ1) is 17.5. The molecule has 0 radical (unpaired) electrons. The number of hydrogen-bond donors (Lipinski definition) is 2. The van der Waals surface area contributed by atoms with Crippen molar-refractivity contribution in [2.45, 2.75) is 13.8 Å². The van der Waals surface area contributed by atoms with Crippen molar-refractivity contribution in [3.05, 3.63) is 77.5 Å². The highest BCUT2D eigenvalue weighted by atomic mass is 16.5. The molecule has 0 aliphatic carbocycles. The molecule has 0 aliphatic heterocycles. The standard InChI is InChI=1S/C21H21N3O2/c1-14-7-4-8-15(2)19(14)24-21(25)18-11-6-12-22-20(18)23-16-9-5-10-17(13-16)26-3/h4-13H,1-3H3,(H,22,23)(H,24,25). The van der Waals surface area contributed by atoms with Crippen molar-refractivity contribution >= 4 is 23.1 Å². The molecule has 5 heteroatoms. The van der Waals surface area contributed by atoms with Gasteiger partial charge in [0.2, 0.25) is 0 Å². The van der Waals surface area contributed by atoms with Gasteiger partial charge in [-0.05, 0) is 49.2 Å². The van der Waals surface area contributed by atoms with Crippen LogP contribution in [0.15, 0.2) is 60.8 Å². The van der Waals surface area contributed by atoms with Gasteiger partial charge in [0, 0.05) is 23.6 Å². The second-order valence-corrected chi connectivity index (χ2v) is 5.98. The van der Waals surface area contributed by atoms with E-state index in [0.717, 1.165) is 28.3 Å². The first-order valence-corrected chi connectivity index (χ1v) is 8.32. The van der Waals surface area contributed by atoms with E-state index in [1.165, 1.54) is 0 Å². The van der Waals surface area contributed by atoms with Crippen LogP contribution in [-0.4, -0.2) is 18.0 Å². The van der Waals surface area contributed by atoms with E-state index in [4.69, 9.17) is 4.74 Å². The van der Waals surface area contributed by atoms with Crippen molar-refractivity contribution in [3.8, 4) is 5.75 Å². The monoisotopic (exact) mass is 347 g/mol. The molecule has 132 valence electrons. The van der Waals surface area contributed by atoms with Crippen LogP contribution in [0.5, 0.6) is 5.75 Å². The summed E-state index contributed by atoms with van der Waals surface area (Å²) >= 11 is 0. The number of methoxy groups -OCH3 is 1. The van der Waals surface area contributed by atoms with Crippen molar-refractivity contribution in [2.75, 3.05) is 17.7 Å². The van der Waals surface area contributed by atoms with Gasteiger partial charge in [0.15, 0.2) is 0 Å². The average molecular weight is 347 g/mol. The average Bonchev–Trinajstić information content (AvgIpc) is 2.65. The first-order valence-electron chi connectivity index (χ1n) is 8.32. The molecule has 0 aliphatic rings. The molecule has 3 aromatic rings. The predicted octanol–water partition coefficient (Wildman–Crippen LogP) is 4.70. The number of benzene rings is 2. The summed E-state index contributed by atoms with van der Waals surface area (Å²) in [7, 11) is 1.61. The number of aromatic nitrogens is 1. The van der Waals surface area contributed by atoms with Gasteiger partial charge < -0.3 is 15.4 Å². The third kappa shape index (κ3) is 3.83. The first-order chi connectivity index (χ1) is 12.6. The summed E-state index contributed by atoms with van der Waals surface area (Å²) in [5, 5.41) is 6.19. The third-order valence-electron chi connectivity index (χ3n) is 4.10. The van der Waals surface area contributed by atoms with E-state index in [1.54, 1.807) is 25.4 Å². The molecule has 1 amide bonds. The van der Waals surface area contributed by atoms with Gasteiger partial charge in [0.25, 0.3) is 5.91 Å². The highest BCUT2D eigenvalue weighted by molar-refractivity contribution is 6.08. The number of ether oxygens (including phenoxy) is 1. The third-order valence-corrected chi connectivity index (χ3v) is 4.10. The number of amides is 1. The van der Waals surface area contributed by atoms with Crippen LogP contribution < -0.4 is 15.4 Å². The molecule has 1 aromatic heterocycles. The van der Waals surface area contributed by atoms with E-state index < -0.39 is 0 Å². The second kappa shape index (κ2) is 7.70. The van der Waals surface area contributed by atoms with Crippen LogP contribution in [0.4, 0.5) is 17.2 Å². The van der Waals surface area contributed by atoms with E-state index in [-0.39, 0.29) is 5.91 Å². The van der Waals surface area contributed by atoms with Crippen LogP contribution in [0.2, 0.25) is 0 Å². The topological polar surface area (TPSA) is 63.2 Å². The number of pyridine rings is 1. The summed E-state index contributed by atoms with van der Waals surface area (Å²) in [6.45, 7) is 3.95. The number of aryl methyl sites for hydroxylation is 2. The van der Waals surface area contributed by atoms with E-state index >= 15 is 0 Å². The molecule has 2 aromatic carbocycles. The van der Waals surface area contributed by atoms with Crippen LogP contribution >= 0.6 is 0 Å². The molecule has 0 saturated heterocycles. The summed E-state index contributed by atoms with van der Waals surface area (Å²) in [6, 6.07) is 16.9. The highest BCUT2D eigenvalue weighted by Crippen LogP contribution is 2.24. The number of nitrogens with zero attached hydrogens (tertiary/aromatic N) is 1. The maximum Gasteiger partial charge on any atom is 0.259 e. The zero-order valence-electron chi connectivity index (χ0n) is 15.0. The van der Waals surface area contributed by atoms with Gasteiger partial charge >= 0.3 is 0 Å². The number of carbonyl (C=O) groups is 1. The summed E-state index contributed by atoms with van der Waals surface area (Å²) in [5.74, 6) is 1.01. The molecule has 0 unspecified atom stereocenters. The zero-order valence-corrected chi connectivity index (χ0v) is 15.0. The minimum absolute atomic E-state index is 0.208. The van der Waals surface area contributed by atoms with Gasteiger partial charge in [-0.2, -0.15) is 0 Å². The molecule has 0 fully saturated rings. The van der Waals surface area contributed by atoms with Gasteiger partial charge in [-0.3, -0.25) is 4.79 Å². The highest BCUT2D eigenvalue weighted by Gasteiger charge is 2.15. The maximum absolute atomic E-state index is 12.8. The van der Waals surface area contributed by atoms with Gasteiger partial charge in [0.05, 0.1) is 12.7 Å². The Balaban J connectivity index is 1.88. The molecule has 1 heterocycles. The lowest BCUT2D eigenvalue weighted by atomic mass is 10.1.